The normalized spacial score (nSPS) is 26.1. The van der Waals surface area contributed by atoms with Crippen molar-refractivity contribution in [1.29, 1.82) is 0 Å². The Kier molecular flexibility index (Phi) is 3.12. The number of hydrogen-bond acceptors (Lipinski definition) is 3. The van der Waals surface area contributed by atoms with Gasteiger partial charge in [-0.1, -0.05) is 13.8 Å². The second-order valence-electron chi connectivity index (χ2n) is 2.33. The van der Waals surface area contributed by atoms with Crippen molar-refractivity contribution in [3.05, 3.63) is 0 Å². The molecular formula is C7H15NO2. The maximum Gasteiger partial charge on any atom is 0.149 e. The molecule has 0 spiro atoms. The molecule has 60 valence electrons. The minimum atomic E-state index is 0.204. The molecule has 1 heterocycles. The van der Waals surface area contributed by atoms with Crippen LogP contribution in [0.2, 0.25) is 0 Å². The Balaban J connectivity index is 2.29. The number of nitrogens with zero attached hydrogens (tertiary/aromatic N) is 1. The first-order valence-electron chi connectivity index (χ1n) is 3.81. The summed E-state index contributed by atoms with van der Waals surface area (Å²) in [5.74, 6) is 0. The van der Waals surface area contributed by atoms with Gasteiger partial charge in [-0.2, -0.15) is 0 Å². The van der Waals surface area contributed by atoms with Crippen LogP contribution in [0.15, 0.2) is 0 Å². The summed E-state index contributed by atoms with van der Waals surface area (Å²) in [5, 5.41) is 0. The summed E-state index contributed by atoms with van der Waals surface area (Å²) < 4.78 is 10.4. The molecule has 3 heteroatoms. The first-order chi connectivity index (χ1) is 4.88. The van der Waals surface area contributed by atoms with Crippen molar-refractivity contribution >= 4 is 0 Å². The predicted octanol–water partition coefficient (Wildman–Crippen LogP) is 0.659. The van der Waals surface area contributed by atoms with Gasteiger partial charge in [-0.05, 0) is 13.1 Å². The average Bonchev–Trinajstić information content (AvgIpc) is 2.43. The van der Waals surface area contributed by atoms with Crippen molar-refractivity contribution in [2.45, 2.75) is 20.1 Å². The second kappa shape index (κ2) is 3.91. The highest BCUT2D eigenvalue weighted by atomic mass is 16.7. The van der Waals surface area contributed by atoms with Crippen LogP contribution in [0, 0.1) is 0 Å². The molecule has 0 aliphatic carbocycles. The van der Waals surface area contributed by atoms with Crippen LogP contribution in [0.5, 0.6) is 0 Å². The summed E-state index contributed by atoms with van der Waals surface area (Å²) in [7, 11) is 0. The van der Waals surface area contributed by atoms with Gasteiger partial charge in [0.05, 0.1) is 6.61 Å². The maximum atomic E-state index is 5.30. The molecule has 0 bridgehead atoms. The molecule has 1 fully saturated rings. The van der Waals surface area contributed by atoms with Crippen molar-refractivity contribution < 1.29 is 9.47 Å². The highest BCUT2D eigenvalue weighted by Crippen LogP contribution is 2.07. The Hall–Kier alpha value is -0.120. The molecule has 0 aromatic rings. The van der Waals surface area contributed by atoms with Gasteiger partial charge in [-0.15, -0.1) is 0 Å². The van der Waals surface area contributed by atoms with Gasteiger partial charge in [0.1, 0.15) is 13.0 Å². The lowest BCUT2D eigenvalue weighted by Crippen LogP contribution is -2.36. The molecule has 0 radical (unpaired) electrons. The third kappa shape index (κ3) is 1.68. The Labute approximate surface area is 61.9 Å². The molecular weight excluding hydrogens is 130 g/mol. The zero-order valence-electron chi connectivity index (χ0n) is 6.67. The van der Waals surface area contributed by atoms with Crippen molar-refractivity contribution in [3.8, 4) is 0 Å². The monoisotopic (exact) mass is 145 g/mol. The second-order valence-corrected chi connectivity index (χ2v) is 2.33. The highest BCUT2D eigenvalue weighted by Gasteiger charge is 2.20. The lowest BCUT2D eigenvalue weighted by molar-refractivity contribution is -0.0206. The topological polar surface area (TPSA) is 21.7 Å². The summed E-state index contributed by atoms with van der Waals surface area (Å²) in [6, 6.07) is 0. The van der Waals surface area contributed by atoms with E-state index in [0.717, 1.165) is 19.7 Å². The molecule has 0 N–H and O–H groups in total. The van der Waals surface area contributed by atoms with Gasteiger partial charge >= 0.3 is 0 Å². The van der Waals surface area contributed by atoms with Crippen LogP contribution >= 0.6 is 0 Å². The lowest BCUT2D eigenvalue weighted by Gasteiger charge is -2.22. The van der Waals surface area contributed by atoms with Gasteiger partial charge in [0, 0.05) is 0 Å². The molecule has 10 heavy (non-hydrogen) atoms. The minimum Gasteiger partial charge on any atom is -0.351 e. The van der Waals surface area contributed by atoms with E-state index in [9.17, 15) is 0 Å². The number of hydrogen-bond donors (Lipinski definition) is 0. The molecule has 1 aliphatic heterocycles. The molecule has 0 saturated carbocycles. The van der Waals surface area contributed by atoms with Crippen LogP contribution in [0.3, 0.4) is 0 Å². The lowest BCUT2D eigenvalue weighted by atomic mass is 10.4. The fourth-order valence-corrected chi connectivity index (χ4v) is 1.17. The van der Waals surface area contributed by atoms with E-state index in [1.54, 1.807) is 0 Å². The van der Waals surface area contributed by atoms with E-state index in [2.05, 4.69) is 18.7 Å². The van der Waals surface area contributed by atoms with Gasteiger partial charge in [0.15, 0.2) is 0 Å². The molecule has 1 aliphatic rings. The number of likely N-dealkylation sites (N-methyl/N-ethyl adjacent to an activating group) is 1. The predicted molar refractivity (Wildman–Crippen MR) is 38.6 cm³/mol. The van der Waals surface area contributed by atoms with Gasteiger partial charge in [0.2, 0.25) is 0 Å². The van der Waals surface area contributed by atoms with Gasteiger partial charge in [-0.25, -0.2) is 0 Å². The van der Waals surface area contributed by atoms with E-state index in [-0.39, 0.29) is 6.23 Å². The highest BCUT2D eigenvalue weighted by molar-refractivity contribution is 4.61. The van der Waals surface area contributed by atoms with Crippen LogP contribution < -0.4 is 0 Å². The van der Waals surface area contributed by atoms with Crippen molar-refractivity contribution in [1.82, 2.24) is 4.90 Å². The largest absolute Gasteiger partial charge is 0.351 e. The van der Waals surface area contributed by atoms with Crippen molar-refractivity contribution in [2.24, 2.45) is 0 Å². The van der Waals surface area contributed by atoms with E-state index in [0.29, 0.717) is 6.79 Å². The molecule has 1 atom stereocenters. The number of rotatable bonds is 3. The Morgan fingerprint density at radius 3 is 2.50 bits per heavy atom. The summed E-state index contributed by atoms with van der Waals surface area (Å²) in [4.78, 5) is 2.24. The third-order valence-corrected chi connectivity index (χ3v) is 1.82. The molecule has 1 rings (SSSR count). The first-order valence-corrected chi connectivity index (χ1v) is 3.81. The molecule has 0 aromatic heterocycles. The summed E-state index contributed by atoms with van der Waals surface area (Å²) in [5.41, 5.74) is 0. The maximum absolute atomic E-state index is 5.30. The molecule has 1 saturated heterocycles. The Morgan fingerprint density at radius 2 is 2.10 bits per heavy atom. The summed E-state index contributed by atoms with van der Waals surface area (Å²) >= 11 is 0. The first kappa shape index (κ1) is 7.98. The van der Waals surface area contributed by atoms with Gasteiger partial charge in [-0.3, -0.25) is 4.90 Å². The van der Waals surface area contributed by atoms with Crippen molar-refractivity contribution in [2.75, 3.05) is 26.5 Å². The van der Waals surface area contributed by atoms with Crippen LogP contribution in [-0.2, 0) is 9.47 Å². The van der Waals surface area contributed by atoms with E-state index < -0.39 is 0 Å². The molecule has 0 aromatic carbocycles. The molecule has 3 nitrogen and oxygen atoms in total. The zero-order chi connectivity index (χ0) is 7.40. The van der Waals surface area contributed by atoms with Crippen molar-refractivity contribution in [3.63, 3.8) is 0 Å². The summed E-state index contributed by atoms with van der Waals surface area (Å²) in [6.07, 6.45) is 0.204. The zero-order valence-corrected chi connectivity index (χ0v) is 6.67. The average molecular weight is 145 g/mol. The van der Waals surface area contributed by atoms with E-state index >= 15 is 0 Å². The van der Waals surface area contributed by atoms with Crippen LogP contribution in [-0.4, -0.2) is 37.6 Å². The Morgan fingerprint density at radius 1 is 1.40 bits per heavy atom. The van der Waals surface area contributed by atoms with Crippen LogP contribution in [0.25, 0.3) is 0 Å². The van der Waals surface area contributed by atoms with Crippen LogP contribution in [0.4, 0.5) is 0 Å². The quantitative estimate of drug-likeness (QED) is 0.582. The van der Waals surface area contributed by atoms with E-state index in [1.165, 1.54) is 0 Å². The van der Waals surface area contributed by atoms with Gasteiger partial charge < -0.3 is 9.47 Å². The smallest absolute Gasteiger partial charge is 0.149 e. The standard InChI is InChI=1S/C7H15NO2/c1-3-8(4-2)7-5-9-6-10-7/h7H,3-6H2,1-2H3. The third-order valence-electron chi connectivity index (χ3n) is 1.82. The Bertz CT molecular complexity index is 87.6. The summed E-state index contributed by atoms with van der Waals surface area (Å²) in [6.45, 7) is 7.51. The fraction of sp³-hybridized carbons (Fsp3) is 1.00. The molecule has 1 unspecified atom stereocenters. The molecule has 0 amide bonds. The van der Waals surface area contributed by atoms with Crippen LogP contribution in [0.1, 0.15) is 13.8 Å². The minimum absolute atomic E-state index is 0.204. The SMILES string of the molecule is CCN(CC)C1COCO1. The number of ether oxygens (including phenoxy) is 2. The van der Waals surface area contributed by atoms with E-state index in [1.807, 2.05) is 0 Å². The van der Waals surface area contributed by atoms with E-state index in [4.69, 9.17) is 9.47 Å². The fourth-order valence-electron chi connectivity index (χ4n) is 1.17. The van der Waals surface area contributed by atoms with Gasteiger partial charge in [0.25, 0.3) is 0 Å².